The lowest BCUT2D eigenvalue weighted by Gasteiger charge is -2.28. The predicted octanol–water partition coefficient (Wildman–Crippen LogP) is 1.64. The third-order valence-corrected chi connectivity index (χ3v) is 4.72. The molecule has 7 nitrogen and oxygen atoms in total. The van der Waals surface area contributed by atoms with Crippen molar-refractivity contribution in [3.63, 3.8) is 0 Å². The third-order valence-electron chi connectivity index (χ3n) is 4.72. The molecular formula is C18H21N3O4. The van der Waals surface area contributed by atoms with Gasteiger partial charge in [-0.15, -0.1) is 0 Å². The molecule has 1 amide bonds. The smallest absolute Gasteiger partial charge is 0.274 e. The number of benzene rings is 1. The van der Waals surface area contributed by atoms with Crippen molar-refractivity contribution in [1.82, 2.24) is 14.5 Å². The lowest BCUT2D eigenvalue weighted by Crippen LogP contribution is -2.41. The van der Waals surface area contributed by atoms with Gasteiger partial charge in [0.2, 0.25) is 0 Å². The average molecular weight is 343 g/mol. The fraction of sp³-hybridized carbons (Fsp3) is 0.444. The molecule has 1 aromatic heterocycles. The van der Waals surface area contributed by atoms with Gasteiger partial charge in [0.1, 0.15) is 11.9 Å². The summed E-state index contributed by atoms with van der Waals surface area (Å²) < 4.78 is 18.5. The lowest BCUT2D eigenvalue weighted by atomic mass is 10.1. The molecule has 2 aromatic rings. The fourth-order valence-electron chi connectivity index (χ4n) is 3.24. The van der Waals surface area contributed by atoms with Crippen LogP contribution in [0.4, 0.5) is 0 Å². The van der Waals surface area contributed by atoms with Crippen LogP contribution in [0, 0.1) is 0 Å². The maximum Gasteiger partial charge on any atom is 0.274 e. The number of carbonyl (C=O) groups excluding carboxylic acids is 1. The molecule has 0 saturated carbocycles. The second-order valence-corrected chi connectivity index (χ2v) is 6.17. The molecule has 1 aromatic carbocycles. The molecule has 2 aliphatic heterocycles. The maximum absolute atomic E-state index is 12.7. The zero-order chi connectivity index (χ0) is 17.2. The van der Waals surface area contributed by atoms with E-state index in [9.17, 15) is 4.79 Å². The second-order valence-electron chi connectivity index (χ2n) is 6.17. The lowest BCUT2D eigenvalue weighted by molar-refractivity contribution is 0.00170. The Balaban J connectivity index is 1.50. The summed E-state index contributed by atoms with van der Waals surface area (Å²) in [5.41, 5.74) is 2.43. The van der Waals surface area contributed by atoms with Crippen LogP contribution >= 0.6 is 0 Å². The first-order valence-electron chi connectivity index (χ1n) is 8.43. The van der Waals surface area contributed by atoms with Crippen molar-refractivity contribution in [2.24, 2.45) is 0 Å². The normalized spacial score (nSPS) is 20.2. The first-order valence-corrected chi connectivity index (χ1v) is 8.43. The van der Waals surface area contributed by atoms with Gasteiger partial charge in [0, 0.05) is 13.1 Å². The van der Waals surface area contributed by atoms with Gasteiger partial charge in [0.15, 0.2) is 5.69 Å². The number of hydrogen-bond acceptors (Lipinski definition) is 5. The van der Waals surface area contributed by atoms with Crippen LogP contribution in [0.1, 0.15) is 27.8 Å². The molecule has 7 heteroatoms. The zero-order valence-corrected chi connectivity index (χ0v) is 14.2. The van der Waals surface area contributed by atoms with Crippen molar-refractivity contribution < 1.29 is 19.0 Å². The largest absolute Gasteiger partial charge is 0.497 e. The molecule has 132 valence electrons. The van der Waals surface area contributed by atoms with Crippen LogP contribution in [0.3, 0.4) is 0 Å². The monoisotopic (exact) mass is 343 g/mol. The van der Waals surface area contributed by atoms with E-state index in [4.69, 9.17) is 14.2 Å². The first-order chi connectivity index (χ1) is 12.3. The minimum Gasteiger partial charge on any atom is -0.497 e. The van der Waals surface area contributed by atoms with Gasteiger partial charge in [-0.25, -0.2) is 4.98 Å². The topological polar surface area (TPSA) is 65.8 Å². The molecule has 3 heterocycles. The maximum atomic E-state index is 12.7. The van der Waals surface area contributed by atoms with Crippen LogP contribution in [0.15, 0.2) is 30.6 Å². The Bertz CT molecular complexity index is 750. The number of amides is 1. The summed E-state index contributed by atoms with van der Waals surface area (Å²) >= 11 is 0. The van der Waals surface area contributed by atoms with Gasteiger partial charge in [-0.05, 0) is 17.7 Å². The van der Waals surface area contributed by atoms with Gasteiger partial charge in [0.05, 0.1) is 45.5 Å². The van der Waals surface area contributed by atoms with E-state index >= 15 is 0 Å². The summed E-state index contributed by atoms with van der Waals surface area (Å²) in [5.74, 6) is 0.782. The molecular weight excluding hydrogens is 322 g/mol. The average Bonchev–Trinajstić information content (AvgIpc) is 3.11. The Morgan fingerprint density at radius 1 is 1.24 bits per heavy atom. The van der Waals surface area contributed by atoms with E-state index in [1.54, 1.807) is 18.3 Å². The summed E-state index contributed by atoms with van der Waals surface area (Å²) in [4.78, 5) is 18.8. The highest BCUT2D eigenvalue weighted by Gasteiger charge is 2.29. The van der Waals surface area contributed by atoms with E-state index in [-0.39, 0.29) is 12.0 Å². The van der Waals surface area contributed by atoms with Crippen molar-refractivity contribution in [3.8, 4) is 5.75 Å². The highest BCUT2D eigenvalue weighted by molar-refractivity contribution is 5.93. The van der Waals surface area contributed by atoms with E-state index in [1.807, 2.05) is 28.8 Å². The van der Waals surface area contributed by atoms with Crippen molar-refractivity contribution in [2.75, 3.05) is 33.4 Å². The quantitative estimate of drug-likeness (QED) is 0.848. The summed E-state index contributed by atoms with van der Waals surface area (Å²) in [6.45, 7) is 3.41. The Morgan fingerprint density at radius 2 is 2.00 bits per heavy atom. The van der Waals surface area contributed by atoms with Gasteiger partial charge >= 0.3 is 0 Å². The number of imidazole rings is 1. The Kier molecular flexibility index (Phi) is 4.42. The zero-order valence-electron chi connectivity index (χ0n) is 14.2. The summed E-state index contributed by atoms with van der Waals surface area (Å²) in [6.07, 6.45) is 1.68. The molecule has 0 aliphatic carbocycles. The Morgan fingerprint density at radius 3 is 2.72 bits per heavy atom. The number of ether oxygens (including phenoxy) is 3. The second kappa shape index (κ2) is 6.85. The summed E-state index contributed by atoms with van der Waals surface area (Å²) in [7, 11) is 1.65. The number of methoxy groups -OCH3 is 1. The minimum absolute atomic E-state index is 0.0384. The molecule has 1 fully saturated rings. The highest BCUT2D eigenvalue weighted by Crippen LogP contribution is 2.29. The van der Waals surface area contributed by atoms with Crippen LogP contribution in [0.5, 0.6) is 5.75 Å². The SMILES string of the molecule is COc1ccc([C@@H]2Cn3cnc(C(=O)N4CCOCC4)c3CO2)cc1. The molecule has 25 heavy (non-hydrogen) atoms. The first kappa shape index (κ1) is 16.1. The number of morpholine rings is 1. The predicted molar refractivity (Wildman–Crippen MR) is 89.5 cm³/mol. The van der Waals surface area contributed by atoms with E-state index in [0.717, 1.165) is 17.0 Å². The number of nitrogens with zero attached hydrogens (tertiary/aromatic N) is 3. The van der Waals surface area contributed by atoms with Gasteiger partial charge in [-0.2, -0.15) is 0 Å². The molecule has 0 spiro atoms. The van der Waals surface area contributed by atoms with Crippen molar-refractivity contribution in [1.29, 1.82) is 0 Å². The van der Waals surface area contributed by atoms with Crippen molar-refractivity contribution in [2.45, 2.75) is 19.3 Å². The van der Waals surface area contributed by atoms with Gasteiger partial charge in [-0.3, -0.25) is 4.79 Å². The third kappa shape index (κ3) is 3.12. The number of fused-ring (bicyclic) bond motifs is 1. The number of hydrogen-bond donors (Lipinski definition) is 0. The molecule has 1 atom stereocenters. The molecule has 4 rings (SSSR count). The number of aromatic nitrogens is 2. The van der Waals surface area contributed by atoms with E-state index in [1.165, 1.54) is 0 Å². The summed E-state index contributed by atoms with van der Waals surface area (Å²) in [6, 6.07) is 7.86. The molecule has 1 saturated heterocycles. The van der Waals surface area contributed by atoms with Crippen LogP contribution in [0.2, 0.25) is 0 Å². The van der Waals surface area contributed by atoms with Crippen LogP contribution in [-0.4, -0.2) is 53.8 Å². The van der Waals surface area contributed by atoms with Crippen LogP contribution in [0.25, 0.3) is 0 Å². The van der Waals surface area contributed by atoms with Gasteiger partial charge < -0.3 is 23.7 Å². The Hall–Kier alpha value is -2.38. The standard InChI is InChI=1S/C18H21N3O4/c1-23-14-4-2-13(3-5-14)16-10-21-12-19-17(15(21)11-25-16)18(22)20-6-8-24-9-7-20/h2-5,12,16H,6-11H2,1H3/t16-/m0/s1. The van der Waals surface area contributed by atoms with Gasteiger partial charge in [0.25, 0.3) is 5.91 Å². The molecule has 0 unspecified atom stereocenters. The summed E-state index contributed by atoms with van der Waals surface area (Å²) in [5, 5.41) is 0. The molecule has 0 bridgehead atoms. The number of carbonyl (C=O) groups is 1. The van der Waals surface area contributed by atoms with E-state index < -0.39 is 0 Å². The molecule has 0 N–H and O–H groups in total. The van der Waals surface area contributed by atoms with Crippen LogP contribution in [-0.2, 0) is 22.6 Å². The molecule has 2 aliphatic rings. The minimum atomic E-state index is -0.0565. The molecule has 0 radical (unpaired) electrons. The highest BCUT2D eigenvalue weighted by atomic mass is 16.5. The van der Waals surface area contributed by atoms with Crippen LogP contribution < -0.4 is 4.74 Å². The van der Waals surface area contributed by atoms with Crippen molar-refractivity contribution >= 4 is 5.91 Å². The van der Waals surface area contributed by atoms with Gasteiger partial charge in [-0.1, -0.05) is 12.1 Å². The number of rotatable bonds is 3. The Labute approximate surface area is 146 Å². The van der Waals surface area contributed by atoms with E-state index in [0.29, 0.717) is 45.1 Å². The van der Waals surface area contributed by atoms with Crippen molar-refractivity contribution in [3.05, 3.63) is 47.5 Å². The van der Waals surface area contributed by atoms with E-state index in [2.05, 4.69) is 4.98 Å². The fourth-order valence-corrected chi connectivity index (χ4v) is 3.24.